The summed E-state index contributed by atoms with van der Waals surface area (Å²) < 4.78 is 10.3. The molecule has 128 valence electrons. The highest BCUT2D eigenvalue weighted by atomic mass is 16.5. The molecular formula is C19H16O6. The maximum Gasteiger partial charge on any atom is 0.334 e. The van der Waals surface area contributed by atoms with Gasteiger partial charge in [0.1, 0.15) is 0 Å². The van der Waals surface area contributed by atoms with Gasteiger partial charge in [-0.3, -0.25) is 9.59 Å². The van der Waals surface area contributed by atoms with Crippen LogP contribution in [0.2, 0.25) is 0 Å². The van der Waals surface area contributed by atoms with Crippen molar-refractivity contribution >= 4 is 23.3 Å². The third-order valence-corrected chi connectivity index (χ3v) is 3.67. The van der Waals surface area contributed by atoms with Crippen LogP contribution in [0.25, 0.3) is 5.76 Å². The summed E-state index contributed by atoms with van der Waals surface area (Å²) in [6, 6.07) is 7.68. The number of carbonyl (C=O) groups is 3. The first-order valence-electron chi connectivity index (χ1n) is 7.78. The van der Waals surface area contributed by atoms with Crippen LogP contribution in [0, 0.1) is 5.92 Å². The molecule has 0 bridgehead atoms. The highest BCUT2D eigenvalue weighted by Crippen LogP contribution is 2.31. The maximum absolute atomic E-state index is 12.5. The largest absolute Gasteiger partial charge is 0.504 e. The van der Waals surface area contributed by atoms with E-state index in [1.165, 1.54) is 6.07 Å². The maximum atomic E-state index is 12.5. The molecule has 3 rings (SSSR count). The molecule has 0 unspecified atom stereocenters. The minimum atomic E-state index is -0.735. The van der Waals surface area contributed by atoms with Gasteiger partial charge in [-0.2, -0.15) is 0 Å². The van der Waals surface area contributed by atoms with Gasteiger partial charge in [0.2, 0.25) is 5.78 Å². The lowest BCUT2D eigenvalue weighted by Gasteiger charge is -2.11. The number of aliphatic hydroxyl groups excluding tert-OH is 1. The van der Waals surface area contributed by atoms with Crippen molar-refractivity contribution in [3.8, 4) is 0 Å². The van der Waals surface area contributed by atoms with Crippen LogP contribution >= 0.6 is 0 Å². The molecule has 6 nitrogen and oxygen atoms in total. The quantitative estimate of drug-likeness (QED) is 0.445. The summed E-state index contributed by atoms with van der Waals surface area (Å²) in [5.74, 6) is -2.17. The third-order valence-electron chi connectivity index (χ3n) is 3.67. The zero-order valence-electron chi connectivity index (χ0n) is 13.7. The van der Waals surface area contributed by atoms with Crippen molar-refractivity contribution in [2.45, 2.75) is 13.8 Å². The van der Waals surface area contributed by atoms with Crippen molar-refractivity contribution in [3.63, 3.8) is 0 Å². The molecule has 1 aromatic carbocycles. The number of aliphatic hydroxyl groups is 1. The van der Waals surface area contributed by atoms with E-state index in [0.717, 1.165) is 6.08 Å². The van der Waals surface area contributed by atoms with Crippen LogP contribution in [0.4, 0.5) is 0 Å². The zero-order valence-corrected chi connectivity index (χ0v) is 13.7. The number of ketones is 2. The second kappa shape index (κ2) is 6.39. The van der Waals surface area contributed by atoms with Gasteiger partial charge < -0.3 is 14.3 Å². The molecule has 0 fully saturated rings. The first-order chi connectivity index (χ1) is 11.9. The average molecular weight is 340 g/mol. The molecule has 1 N–H and O–H groups in total. The lowest BCUT2D eigenvalue weighted by atomic mass is 9.88. The summed E-state index contributed by atoms with van der Waals surface area (Å²) in [6.45, 7) is 3.97. The van der Waals surface area contributed by atoms with Crippen LogP contribution in [0.15, 0.2) is 40.8 Å². The number of rotatable bonds is 4. The number of esters is 1. The second-order valence-electron chi connectivity index (χ2n) is 6.11. The Morgan fingerprint density at radius 1 is 1.16 bits per heavy atom. The first kappa shape index (κ1) is 16.7. The van der Waals surface area contributed by atoms with Crippen molar-refractivity contribution in [2.75, 3.05) is 6.61 Å². The van der Waals surface area contributed by atoms with Gasteiger partial charge in [0, 0.05) is 11.1 Å². The van der Waals surface area contributed by atoms with E-state index in [0.29, 0.717) is 0 Å². The first-order valence-corrected chi connectivity index (χ1v) is 7.78. The third kappa shape index (κ3) is 3.10. The molecular weight excluding hydrogens is 324 g/mol. The fraction of sp³-hybridized carbons (Fsp3) is 0.211. The van der Waals surface area contributed by atoms with Crippen LogP contribution in [0.1, 0.15) is 51.6 Å². The fourth-order valence-corrected chi connectivity index (χ4v) is 2.47. The fourth-order valence-electron chi connectivity index (χ4n) is 2.47. The number of fused-ring (bicyclic) bond motifs is 2. The highest BCUT2D eigenvalue weighted by molar-refractivity contribution is 6.27. The molecule has 25 heavy (non-hydrogen) atoms. The van der Waals surface area contributed by atoms with Crippen molar-refractivity contribution < 1.29 is 28.6 Å². The van der Waals surface area contributed by atoms with Crippen molar-refractivity contribution in [2.24, 2.45) is 5.92 Å². The summed E-state index contributed by atoms with van der Waals surface area (Å²) in [7, 11) is 0. The number of furan rings is 1. The van der Waals surface area contributed by atoms with Crippen LogP contribution < -0.4 is 0 Å². The number of hydrogen-bond donors (Lipinski definition) is 1. The molecule has 6 heteroatoms. The Morgan fingerprint density at radius 3 is 2.44 bits per heavy atom. The van der Waals surface area contributed by atoms with Crippen LogP contribution in [0.5, 0.6) is 0 Å². The van der Waals surface area contributed by atoms with Gasteiger partial charge in [-0.15, -0.1) is 0 Å². The van der Waals surface area contributed by atoms with Crippen LogP contribution in [0.3, 0.4) is 0 Å². The van der Waals surface area contributed by atoms with E-state index in [2.05, 4.69) is 0 Å². The van der Waals surface area contributed by atoms with E-state index < -0.39 is 17.5 Å². The summed E-state index contributed by atoms with van der Waals surface area (Å²) in [5, 5.41) is 10.0. The predicted molar refractivity (Wildman–Crippen MR) is 88.4 cm³/mol. The Balaban J connectivity index is 1.91. The molecule has 2 aromatic rings. The Labute approximate surface area is 143 Å². The Kier molecular flexibility index (Phi) is 4.27. The minimum Gasteiger partial charge on any atom is -0.504 e. The normalized spacial score (nSPS) is 13.6. The molecule has 0 atom stereocenters. The van der Waals surface area contributed by atoms with Crippen molar-refractivity contribution in [3.05, 3.63) is 64.6 Å². The molecule has 0 spiro atoms. The van der Waals surface area contributed by atoms with E-state index in [9.17, 15) is 19.5 Å². The van der Waals surface area contributed by atoms with Gasteiger partial charge in [0.15, 0.2) is 23.1 Å². The molecule has 1 aliphatic carbocycles. The lowest BCUT2D eigenvalue weighted by Crippen LogP contribution is -2.18. The summed E-state index contributed by atoms with van der Waals surface area (Å²) in [5.41, 5.74) is 0.599. The zero-order chi connectivity index (χ0) is 18.1. The smallest absolute Gasteiger partial charge is 0.334 e. The summed E-state index contributed by atoms with van der Waals surface area (Å²) >= 11 is 0. The topological polar surface area (TPSA) is 93.8 Å². The Hall–Kier alpha value is -3.15. The summed E-state index contributed by atoms with van der Waals surface area (Å²) in [6.07, 6.45) is 0.856. The van der Waals surface area contributed by atoms with Gasteiger partial charge in [-0.25, -0.2) is 4.79 Å². The monoisotopic (exact) mass is 340 g/mol. The van der Waals surface area contributed by atoms with Crippen molar-refractivity contribution in [1.82, 2.24) is 0 Å². The van der Waals surface area contributed by atoms with Gasteiger partial charge in [-0.05, 0) is 12.0 Å². The van der Waals surface area contributed by atoms with E-state index in [1.54, 1.807) is 24.3 Å². The van der Waals surface area contributed by atoms with Gasteiger partial charge in [-0.1, -0.05) is 38.1 Å². The van der Waals surface area contributed by atoms with E-state index in [4.69, 9.17) is 9.15 Å². The number of benzene rings is 1. The lowest BCUT2D eigenvalue weighted by molar-refractivity contribution is -0.138. The SMILES string of the molecule is CC(C)COC(=O)/C=C(\O)c1cc2c(o1)C(=O)c1ccccc1C2=O. The molecule has 1 aromatic heterocycles. The number of ether oxygens (including phenoxy) is 1. The van der Waals surface area contributed by atoms with Crippen molar-refractivity contribution in [1.29, 1.82) is 0 Å². The van der Waals surface area contributed by atoms with E-state index in [1.807, 2.05) is 13.8 Å². The number of hydrogen-bond acceptors (Lipinski definition) is 6. The molecule has 1 heterocycles. The average Bonchev–Trinajstić information content (AvgIpc) is 3.04. The van der Waals surface area contributed by atoms with E-state index in [-0.39, 0.29) is 46.5 Å². The summed E-state index contributed by atoms with van der Waals surface area (Å²) in [4.78, 5) is 36.6. The molecule has 0 radical (unpaired) electrons. The van der Waals surface area contributed by atoms with Gasteiger partial charge in [0.05, 0.1) is 18.2 Å². The molecule has 0 aliphatic heterocycles. The molecule has 1 aliphatic rings. The molecule has 0 amide bonds. The van der Waals surface area contributed by atoms with Gasteiger partial charge in [0.25, 0.3) is 0 Å². The predicted octanol–water partition coefficient (Wildman–Crippen LogP) is 3.15. The second-order valence-corrected chi connectivity index (χ2v) is 6.11. The number of carbonyl (C=O) groups excluding carboxylic acids is 3. The van der Waals surface area contributed by atoms with E-state index >= 15 is 0 Å². The Bertz CT molecular complexity index is 848. The molecule has 0 saturated carbocycles. The Morgan fingerprint density at radius 2 is 1.80 bits per heavy atom. The van der Waals surface area contributed by atoms with Gasteiger partial charge >= 0.3 is 5.97 Å². The van der Waals surface area contributed by atoms with Crippen LogP contribution in [-0.4, -0.2) is 29.2 Å². The van der Waals surface area contributed by atoms with Crippen LogP contribution in [-0.2, 0) is 9.53 Å². The minimum absolute atomic E-state index is 0.0641. The standard InChI is InChI=1S/C19H16O6/c1-10(2)9-24-16(21)8-14(20)15-7-13-17(22)11-5-3-4-6-12(11)18(23)19(13)25-15/h3-8,10,20H,9H2,1-2H3/b14-8-. The molecule has 0 saturated heterocycles. The highest BCUT2D eigenvalue weighted by Gasteiger charge is 2.33.